The highest BCUT2D eigenvalue weighted by atomic mass is 32.1. The lowest BCUT2D eigenvalue weighted by Gasteiger charge is -2.01. The first-order valence-corrected chi connectivity index (χ1v) is 6.63. The van der Waals surface area contributed by atoms with E-state index in [2.05, 4.69) is 40.4 Å². The van der Waals surface area contributed by atoms with Crippen molar-refractivity contribution in [2.75, 3.05) is 5.32 Å². The molecule has 0 aliphatic rings. The molecular formula is C14H13N3S. The van der Waals surface area contributed by atoms with E-state index in [-0.39, 0.29) is 0 Å². The van der Waals surface area contributed by atoms with Crippen LogP contribution in [-0.4, -0.2) is 9.97 Å². The normalized spacial score (nSPS) is 10.7. The number of nitrogens with one attached hydrogen (secondary N) is 1. The highest BCUT2D eigenvalue weighted by Gasteiger charge is 2.03. The van der Waals surface area contributed by atoms with Gasteiger partial charge >= 0.3 is 0 Å². The number of nitrogens with zero attached hydrogens (tertiary/aromatic N) is 2. The molecule has 2 aromatic heterocycles. The van der Waals surface area contributed by atoms with Gasteiger partial charge in [-0.2, -0.15) is 0 Å². The van der Waals surface area contributed by atoms with Crippen LogP contribution in [0.3, 0.4) is 0 Å². The van der Waals surface area contributed by atoms with Crippen molar-refractivity contribution in [3.63, 3.8) is 0 Å². The Bertz CT molecular complexity index is 661. The Labute approximate surface area is 110 Å². The largest absolute Gasteiger partial charge is 0.357 e. The predicted molar refractivity (Wildman–Crippen MR) is 75.9 cm³/mol. The standard InChI is InChI=1S/C14H13N3S/c1-10-2-3-13-12(8-10)17-14(18-13)16-9-11-4-6-15-7-5-11/h2-8H,9H2,1H3,(H,16,17). The number of thiazole rings is 1. The number of pyridine rings is 1. The predicted octanol–water partition coefficient (Wildman–Crippen LogP) is 3.61. The maximum absolute atomic E-state index is 4.58. The second-order valence-electron chi connectivity index (χ2n) is 4.20. The Kier molecular flexibility index (Phi) is 2.94. The molecule has 2 heterocycles. The van der Waals surface area contributed by atoms with Gasteiger partial charge in [-0.1, -0.05) is 17.4 Å². The summed E-state index contributed by atoms with van der Waals surface area (Å²) < 4.78 is 1.22. The van der Waals surface area contributed by atoms with E-state index in [1.165, 1.54) is 15.8 Å². The summed E-state index contributed by atoms with van der Waals surface area (Å²) in [4.78, 5) is 8.58. The van der Waals surface area contributed by atoms with Crippen molar-refractivity contribution in [1.82, 2.24) is 9.97 Å². The van der Waals surface area contributed by atoms with E-state index in [0.29, 0.717) is 0 Å². The summed E-state index contributed by atoms with van der Waals surface area (Å²) >= 11 is 1.69. The summed E-state index contributed by atoms with van der Waals surface area (Å²) in [5.74, 6) is 0. The van der Waals surface area contributed by atoms with Gasteiger partial charge in [0.2, 0.25) is 0 Å². The molecule has 1 N–H and O–H groups in total. The number of benzene rings is 1. The monoisotopic (exact) mass is 255 g/mol. The molecule has 3 aromatic rings. The van der Waals surface area contributed by atoms with Crippen LogP contribution in [0, 0.1) is 6.92 Å². The summed E-state index contributed by atoms with van der Waals surface area (Å²) in [6.45, 7) is 2.87. The van der Waals surface area contributed by atoms with Crippen molar-refractivity contribution in [3.8, 4) is 0 Å². The molecule has 0 saturated heterocycles. The van der Waals surface area contributed by atoms with Crippen LogP contribution in [0.5, 0.6) is 0 Å². The van der Waals surface area contributed by atoms with Crippen molar-refractivity contribution in [2.45, 2.75) is 13.5 Å². The number of aromatic nitrogens is 2. The first-order valence-electron chi connectivity index (χ1n) is 5.81. The summed E-state index contributed by atoms with van der Waals surface area (Å²) in [5.41, 5.74) is 3.52. The van der Waals surface area contributed by atoms with Gasteiger partial charge in [0, 0.05) is 18.9 Å². The van der Waals surface area contributed by atoms with E-state index in [4.69, 9.17) is 0 Å². The zero-order chi connectivity index (χ0) is 12.4. The van der Waals surface area contributed by atoms with Gasteiger partial charge in [0.05, 0.1) is 10.2 Å². The van der Waals surface area contributed by atoms with Crippen molar-refractivity contribution in [3.05, 3.63) is 53.9 Å². The lowest BCUT2D eigenvalue weighted by Crippen LogP contribution is -1.98. The minimum Gasteiger partial charge on any atom is -0.357 e. The summed E-state index contributed by atoms with van der Waals surface area (Å²) in [5, 5.41) is 4.31. The van der Waals surface area contributed by atoms with Crippen LogP contribution in [-0.2, 0) is 6.54 Å². The van der Waals surface area contributed by atoms with Crippen molar-refractivity contribution in [2.24, 2.45) is 0 Å². The molecule has 0 radical (unpaired) electrons. The molecule has 0 atom stereocenters. The zero-order valence-corrected chi connectivity index (χ0v) is 10.9. The third-order valence-electron chi connectivity index (χ3n) is 2.74. The van der Waals surface area contributed by atoms with Crippen LogP contribution in [0.25, 0.3) is 10.2 Å². The Morgan fingerprint density at radius 3 is 2.83 bits per heavy atom. The molecule has 0 spiro atoms. The SMILES string of the molecule is Cc1ccc2sc(NCc3ccncc3)nc2c1. The fraction of sp³-hybridized carbons (Fsp3) is 0.143. The van der Waals surface area contributed by atoms with E-state index in [9.17, 15) is 0 Å². The highest BCUT2D eigenvalue weighted by Crippen LogP contribution is 2.26. The highest BCUT2D eigenvalue weighted by molar-refractivity contribution is 7.22. The Hall–Kier alpha value is -1.94. The topological polar surface area (TPSA) is 37.8 Å². The fourth-order valence-electron chi connectivity index (χ4n) is 1.79. The summed E-state index contributed by atoms with van der Waals surface area (Å²) in [6, 6.07) is 10.4. The summed E-state index contributed by atoms with van der Waals surface area (Å²) in [7, 11) is 0. The fourth-order valence-corrected chi connectivity index (χ4v) is 2.63. The Balaban J connectivity index is 1.79. The maximum atomic E-state index is 4.58. The molecule has 4 heteroatoms. The van der Waals surface area contributed by atoms with Gasteiger partial charge in [-0.15, -0.1) is 0 Å². The molecule has 0 bridgehead atoms. The van der Waals surface area contributed by atoms with E-state index in [1.807, 2.05) is 12.1 Å². The smallest absolute Gasteiger partial charge is 0.184 e. The third-order valence-corrected chi connectivity index (χ3v) is 3.73. The Morgan fingerprint density at radius 2 is 2.00 bits per heavy atom. The van der Waals surface area contributed by atoms with Crippen LogP contribution in [0.15, 0.2) is 42.7 Å². The van der Waals surface area contributed by atoms with Crippen molar-refractivity contribution in [1.29, 1.82) is 0 Å². The quantitative estimate of drug-likeness (QED) is 0.777. The number of rotatable bonds is 3. The average molecular weight is 255 g/mol. The lowest BCUT2D eigenvalue weighted by molar-refractivity contribution is 1.12. The maximum Gasteiger partial charge on any atom is 0.184 e. The van der Waals surface area contributed by atoms with Crippen LogP contribution in [0.2, 0.25) is 0 Å². The first-order chi connectivity index (χ1) is 8.81. The van der Waals surface area contributed by atoms with Crippen LogP contribution < -0.4 is 5.32 Å². The van der Waals surface area contributed by atoms with E-state index in [1.54, 1.807) is 23.7 Å². The number of hydrogen-bond donors (Lipinski definition) is 1. The number of hydrogen-bond acceptors (Lipinski definition) is 4. The molecule has 0 aliphatic carbocycles. The number of anilines is 1. The zero-order valence-electron chi connectivity index (χ0n) is 10.1. The molecular weight excluding hydrogens is 242 g/mol. The third kappa shape index (κ3) is 2.33. The molecule has 1 aromatic carbocycles. The van der Waals surface area contributed by atoms with Crippen molar-refractivity contribution < 1.29 is 0 Å². The molecule has 0 saturated carbocycles. The van der Waals surface area contributed by atoms with Gasteiger partial charge in [0.25, 0.3) is 0 Å². The molecule has 3 rings (SSSR count). The number of fused-ring (bicyclic) bond motifs is 1. The average Bonchev–Trinajstić information content (AvgIpc) is 2.79. The van der Waals surface area contributed by atoms with Crippen LogP contribution in [0.1, 0.15) is 11.1 Å². The lowest BCUT2D eigenvalue weighted by atomic mass is 10.2. The second kappa shape index (κ2) is 4.74. The van der Waals surface area contributed by atoms with Gasteiger partial charge in [-0.25, -0.2) is 4.98 Å². The molecule has 90 valence electrons. The summed E-state index contributed by atoms with van der Waals surface area (Å²) in [6.07, 6.45) is 3.61. The first kappa shape index (κ1) is 11.2. The molecule has 0 fully saturated rings. The Morgan fingerprint density at radius 1 is 1.17 bits per heavy atom. The minimum absolute atomic E-state index is 0.779. The van der Waals surface area contributed by atoms with Gasteiger partial charge in [-0.05, 0) is 42.3 Å². The molecule has 0 unspecified atom stereocenters. The second-order valence-corrected chi connectivity index (χ2v) is 5.23. The van der Waals surface area contributed by atoms with Crippen LogP contribution >= 0.6 is 11.3 Å². The van der Waals surface area contributed by atoms with Gasteiger partial charge < -0.3 is 5.32 Å². The molecule has 18 heavy (non-hydrogen) atoms. The number of aryl methyl sites for hydroxylation is 1. The van der Waals surface area contributed by atoms with Gasteiger partial charge in [0.15, 0.2) is 5.13 Å². The van der Waals surface area contributed by atoms with Crippen LogP contribution in [0.4, 0.5) is 5.13 Å². The van der Waals surface area contributed by atoms with Gasteiger partial charge in [-0.3, -0.25) is 4.98 Å². The molecule has 0 amide bonds. The minimum atomic E-state index is 0.779. The van der Waals surface area contributed by atoms with E-state index in [0.717, 1.165) is 17.2 Å². The van der Waals surface area contributed by atoms with E-state index < -0.39 is 0 Å². The van der Waals surface area contributed by atoms with Gasteiger partial charge in [0.1, 0.15) is 0 Å². The van der Waals surface area contributed by atoms with E-state index >= 15 is 0 Å². The molecule has 0 aliphatic heterocycles. The molecule has 3 nitrogen and oxygen atoms in total. The van der Waals surface area contributed by atoms with Crippen molar-refractivity contribution >= 4 is 26.7 Å².